The quantitative estimate of drug-likeness (QED) is 0.602. The third-order valence-corrected chi connectivity index (χ3v) is 7.42. The fourth-order valence-corrected chi connectivity index (χ4v) is 5.51. The second-order valence-corrected chi connectivity index (χ2v) is 9.54. The van der Waals surface area contributed by atoms with Crippen LogP contribution >= 0.6 is 0 Å². The largest absolute Gasteiger partial charge is 0.368 e. The number of benzene rings is 1. The minimum Gasteiger partial charge on any atom is -0.368 e. The van der Waals surface area contributed by atoms with Crippen molar-refractivity contribution in [3.63, 3.8) is 0 Å². The maximum Gasteiger partial charge on any atom is 0.278 e. The number of rotatable bonds is 6. The molecule has 1 aromatic rings. The molecule has 0 aromatic heterocycles. The number of piperazine rings is 1. The molecule has 2 heterocycles. The number of amides is 2. The third kappa shape index (κ3) is 5.09. The Morgan fingerprint density at radius 3 is 2.39 bits per heavy atom. The van der Waals surface area contributed by atoms with Gasteiger partial charge in [0.05, 0.1) is 31.9 Å². The summed E-state index contributed by atoms with van der Waals surface area (Å²) >= 11 is 0. The van der Waals surface area contributed by atoms with Crippen molar-refractivity contribution in [2.45, 2.75) is 31.1 Å². The van der Waals surface area contributed by atoms with Crippen LogP contribution in [0.5, 0.6) is 0 Å². The molecule has 9 heteroatoms. The number of nitrogens with zero attached hydrogens (tertiary/aromatic N) is 2. The van der Waals surface area contributed by atoms with Gasteiger partial charge in [-0.05, 0) is 24.8 Å². The van der Waals surface area contributed by atoms with Crippen molar-refractivity contribution >= 4 is 21.8 Å². The molecular formula is C19H29N4O4S+. The highest BCUT2D eigenvalue weighted by molar-refractivity contribution is 7.88. The van der Waals surface area contributed by atoms with E-state index in [4.69, 9.17) is 5.73 Å². The molecule has 2 amide bonds. The number of quaternary nitrogens is 1. The van der Waals surface area contributed by atoms with Gasteiger partial charge in [0.1, 0.15) is 6.04 Å². The molecule has 0 unspecified atom stereocenters. The molecule has 0 saturated carbocycles. The molecular weight excluding hydrogens is 380 g/mol. The highest BCUT2D eigenvalue weighted by atomic mass is 32.2. The lowest BCUT2D eigenvalue weighted by Gasteiger charge is -2.36. The number of likely N-dealkylation sites (tertiary alicyclic amines) is 1. The zero-order valence-electron chi connectivity index (χ0n) is 16.0. The number of piperidine rings is 1. The lowest BCUT2D eigenvalue weighted by atomic mass is 10.0. The maximum absolute atomic E-state index is 12.7. The van der Waals surface area contributed by atoms with E-state index in [1.807, 2.05) is 30.3 Å². The van der Waals surface area contributed by atoms with Crippen LogP contribution in [0.25, 0.3) is 0 Å². The number of hydrogen-bond acceptors (Lipinski definition) is 4. The Morgan fingerprint density at radius 2 is 1.75 bits per heavy atom. The van der Waals surface area contributed by atoms with Gasteiger partial charge in [-0.1, -0.05) is 30.3 Å². The summed E-state index contributed by atoms with van der Waals surface area (Å²) in [7, 11) is -3.37. The Morgan fingerprint density at radius 1 is 1.07 bits per heavy atom. The van der Waals surface area contributed by atoms with Gasteiger partial charge in [0.25, 0.3) is 5.91 Å². The smallest absolute Gasteiger partial charge is 0.278 e. The zero-order chi connectivity index (χ0) is 20.1. The van der Waals surface area contributed by atoms with E-state index in [2.05, 4.69) is 0 Å². The van der Waals surface area contributed by atoms with Crippen molar-refractivity contribution in [1.82, 2.24) is 9.21 Å². The first-order chi connectivity index (χ1) is 13.4. The topological polar surface area (TPSA) is 105 Å². The first-order valence-electron chi connectivity index (χ1n) is 9.81. The van der Waals surface area contributed by atoms with Gasteiger partial charge in [-0.2, -0.15) is 4.31 Å². The minimum atomic E-state index is -3.37. The van der Waals surface area contributed by atoms with Crippen molar-refractivity contribution < 1.29 is 22.9 Å². The minimum absolute atomic E-state index is 0.00380. The molecule has 0 radical (unpaired) electrons. The Labute approximate surface area is 166 Å². The summed E-state index contributed by atoms with van der Waals surface area (Å²) in [6.45, 7) is 2.80. The van der Waals surface area contributed by atoms with Crippen molar-refractivity contribution in [1.29, 1.82) is 0 Å². The normalized spacial score (nSPS) is 22.1. The van der Waals surface area contributed by atoms with Crippen LogP contribution < -0.4 is 10.6 Å². The van der Waals surface area contributed by atoms with E-state index in [0.29, 0.717) is 39.1 Å². The molecule has 1 atom stereocenters. The number of primary amides is 1. The Balaban J connectivity index is 1.52. The van der Waals surface area contributed by atoms with Gasteiger partial charge >= 0.3 is 0 Å². The van der Waals surface area contributed by atoms with Gasteiger partial charge in [0.2, 0.25) is 15.9 Å². The summed E-state index contributed by atoms with van der Waals surface area (Å²) in [6.07, 6.45) is 2.42. The number of carbonyl (C=O) groups is 2. The van der Waals surface area contributed by atoms with Crippen LogP contribution in [0.1, 0.15) is 24.8 Å². The number of nitrogens with two attached hydrogens (primary N) is 1. The van der Waals surface area contributed by atoms with E-state index in [1.54, 1.807) is 4.90 Å². The van der Waals surface area contributed by atoms with Gasteiger partial charge in [0.15, 0.2) is 6.54 Å². The van der Waals surface area contributed by atoms with E-state index in [0.717, 1.165) is 23.3 Å². The van der Waals surface area contributed by atoms with Crippen LogP contribution in [0, 0.1) is 0 Å². The van der Waals surface area contributed by atoms with E-state index in [-0.39, 0.29) is 18.2 Å². The highest BCUT2D eigenvalue weighted by Gasteiger charge is 2.34. The Bertz CT molecular complexity index is 791. The molecule has 2 aliphatic heterocycles. The summed E-state index contributed by atoms with van der Waals surface area (Å²) in [5.74, 6) is -0.519. The van der Waals surface area contributed by atoms with Gasteiger partial charge in [0, 0.05) is 6.54 Å². The maximum atomic E-state index is 12.7. The molecule has 2 saturated heterocycles. The molecule has 2 aliphatic rings. The molecule has 3 rings (SSSR count). The lowest BCUT2D eigenvalue weighted by molar-refractivity contribution is -0.896. The Kier molecular flexibility index (Phi) is 6.69. The molecule has 3 N–H and O–H groups in total. The van der Waals surface area contributed by atoms with Crippen LogP contribution in [0.2, 0.25) is 0 Å². The molecule has 0 spiro atoms. The first-order valence-corrected chi connectivity index (χ1v) is 11.4. The van der Waals surface area contributed by atoms with Gasteiger partial charge in [-0.3, -0.25) is 9.59 Å². The molecule has 1 aromatic carbocycles. The lowest BCUT2D eigenvalue weighted by Crippen LogP contribution is -3.15. The third-order valence-electron chi connectivity index (χ3n) is 5.57. The average molecular weight is 410 g/mol. The van der Waals surface area contributed by atoms with Crippen LogP contribution in [-0.2, 0) is 25.4 Å². The Hall–Kier alpha value is -1.97. The van der Waals surface area contributed by atoms with Gasteiger partial charge in [-0.15, -0.1) is 0 Å². The predicted octanol–water partition coefficient (Wildman–Crippen LogP) is -1.42. The van der Waals surface area contributed by atoms with Crippen molar-refractivity contribution in [2.75, 3.05) is 39.3 Å². The van der Waals surface area contributed by atoms with Crippen molar-refractivity contribution in [3.05, 3.63) is 35.9 Å². The molecule has 0 aliphatic carbocycles. The monoisotopic (exact) mass is 409 g/mol. The number of nitrogens with one attached hydrogen (secondary N) is 1. The fraction of sp³-hybridized carbons (Fsp3) is 0.579. The average Bonchev–Trinajstić information content (AvgIpc) is 2.69. The van der Waals surface area contributed by atoms with Crippen LogP contribution in [-0.4, -0.2) is 74.7 Å². The number of hydrogen-bond donors (Lipinski definition) is 2. The summed E-state index contributed by atoms with van der Waals surface area (Å²) in [5, 5.41) is 0. The van der Waals surface area contributed by atoms with Gasteiger partial charge < -0.3 is 15.5 Å². The zero-order valence-corrected chi connectivity index (χ0v) is 16.9. The van der Waals surface area contributed by atoms with E-state index in [9.17, 15) is 18.0 Å². The second kappa shape index (κ2) is 9.02. The van der Waals surface area contributed by atoms with E-state index >= 15 is 0 Å². The molecule has 2 fully saturated rings. The molecule has 28 heavy (non-hydrogen) atoms. The van der Waals surface area contributed by atoms with E-state index < -0.39 is 22.0 Å². The standard InChI is InChI=1S/C19H28N4O4S/c20-19(25)17-8-4-5-9-23(17)18(24)14-21-10-12-22(13-11-21)28(26,27)15-16-6-2-1-3-7-16/h1-3,6-7,17H,4-5,8-15H2,(H2,20,25)/p+1/t17-/m1/s1. The SMILES string of the molecule is NC(=O)[C@H]1CCCCN1C(=O)C[NH+]1CCN(S(=O)(=O)Cc2ccccc2)CC1. The molecule has 0 bridgehead atoms. The van der Waals surface area contributed by atoms with Crippen LogP contribution in [0.4, 0.5) is 0 Å². The van der Waals surface area contributed by atoms with Gasteiger partial charge in [-0.25, -0.2) is 8.42 Å². The summed E-state index contributed by atoms with van der Waals surface area (Å²) in [6, 6.07) is 8.64. The summed E-state index contributed by atoms with van der Waals surface area (Å²) in [5.41, 5.74) is 6.22. The van der Waals surface area contributed by atoms with E-state index in [1.165, 1.54) is 4.31 Å². The second-order valence-electron chi connectivity index (χ2n) is 7.57. The van der Waals surface area contributed by atoms with Crippen LogP contribution in [0.15, 0.2) is 30.3 Å². The highest BCUT2D eigenvalue weighted by Crippen LogP contribution is 2.16. The predicted molar refractivity (Wildman–Crippen MR) is 105 cm³/mol. The molecule has 154 valence electrons. The summed E-state index contributed by atoms with van der Waals surface area (Å²) < 4.78 is 26.8. The molecule has 8 nitrogen and oxygen atoms in total. The first kappa shape index (κ1) is 20.8. The summed E-state index contributed by atoms with van der Waals surface area (Å²) in [4.78, 5) is 26.9. The van der Waals surface area contributed by atoms with Crippen LogP contribution in [0.3, 0.4) is 0 Å². The van der Waals surface area contributed by atoms with Crippen molar-refractivity contribution in [2.24, 2.45) is 5.73 Å². The fourth-order valence-electron chi connectivity index (χ4n) is 3.97. The number of sulfonamides is 1. The number of carbonyl (C=O) groups excluding carboxylic acids is 2. The van der Waals surface area contributed by atoms with Crippen molar-refractivity contribution in [3.8, 4) is 0 Å².